The molecule has 4 aliphatic rings. The van der Waals surface area contributed by atoms with Crippen molar-refractivity contribution in [3.63, 3.8) is 0 Å². The lowest BCUT2D eigenvalue weighted by Crippen LogP contribution is -2.75. The lowest BCUT2D eigenvalue weighted by Gasteiger charge is -2.68. The number of rotatable bonds is 13. The summed E-state index contributed by atoms with van der Waals surface area (Å²) in [6.07, 6.45) is -2.56. The van der Waals surface area contributed by atoms with Crippen molar-refractivity contribution in [2.24, 2.45) is 28.1 Å². The summed E-state index contributed by atoms with van der Waals surface area (Å²) in [6.45, 7) is 14.4. The van der Waals surface area contributed by atoms with Gasteiger partial charge in [-0.05, 0) is 60.9 Å². The molecule has 0 spiro atoms. The number of esters is 3. The Kier molecular flexibility index (Phi) is 12.7. The van der Waals surface area contributed by atoms with Gasteiger partial charge in [0.15, 0.2) is 11.9 Å². The molecular formula is C47H61NO11. The first-order chi connectivity index (χ1) is 27.8. The second kappa shape index (κ2) is 16.9. The minimum absolute atomic E-state index is 0.0392. The third kappa shape index (κ3) is 7.76. The number of aliphatic hydroxyl groups excluding tert-OH is 1. The second-order valence-electron chi connectivity index (χ2n) is 18.2. The van der Waals surface area contributed by atoms with Gasteiger partial charge in [-0.2, -0.15) is 0 Å². The Balaban J connectivity index is 1.45. The summed E-state index contributed by atoms with van der Waals surface area (Å²) in [5.74, 6) is -4.67. The van der Waals surface area contributed by atoms with Crippen LogP contribution in [0.25, 0.3) is 0 Å². The van der Waals surface area contributed by atoms with E-state index < -0.39 is 93.7 Å². The summed E-state index contributed by atoms with van der Waals surface area (Å²) in [4.78, 5) is 70.2. The maximum absolute atomic E-state index is 15.2. The minimum atomic E-state index is -1.70. The highest BCUT2D eigenvalue weighted by atomic mass is 16.6. The molecular weight excluding hydrogens is 755 g/mol. The average Bonchev–Trinajstić information content (AvgIpc) is 3.20. The Morgan fingerprint density at radius 2 is 1.59 bits per heavy atom. The molecule has 1 aliphatic heterocycles. The first-order valence-corrected chi connectivity index (χ1v) is 21.1. The predicted molar refractivity (Wildman–Crippen MR) is 217 cm³/mol. The molecule has 2 bridgehead atoms. The van der Waals surface area contributed by atoms with Crippen molar-refractivity contribution >= 4 is 29.6 Å². The van der Waals surface area contributed by atoms with Crippen LogP contribution in [0.5, 0.6) is 0 Å². The molecule has 0 aromatic heterocycles. The number of carbonyl (C=O) groups is 5. The quantitative estimate of drug-likeness (QED) is 0.0887. The number of carbonyl (C=O) groups excluding carboxylic acids is 5. The Hall–Kier alpha value is -4.39. The fourth-order valence-corrected chi connectivity index (χ4v) is 11.0. The first-order valence-electron chi connectivity index (χ1n) is 21.1. The molecule has 59 heavy (non-hydrogen) atoms. The molecule has 3 N–H and O–H groups in total. The zero-order valence-corrected chi connectivity index (χ0v) is 35.6. The van der Waals surface area contributed by atoms with Crippen molar-refractivity contribution in [1.29, 1.82) is 0 Å². The van der Waals surface area contributed by atoms with E-state index in [1.807, 2.05) is 13.8 Å². The predicted octanol–water partition coefficient (Wildman–Crippen LogP) is 6.37. The molecule has 2 aromatic rings. The van der Waals surface area contributed by atoms with E-state index in [-0.39, 0.29) is 30.9 Å². The van der Waals surface area contributed by atoms with Gasteiger partial charge in [0.05, 0.1) is 29.8 Å². The van der Waals surface area contributed by atoms with E-state index in [4.69, 9.17) is 18.9 Å². The van der Waals surface area contributed by atoms with E-state index in [0.29, 0.717) is 29.7 Å². The number of unbranched alkanes of at least 4 members (excludes halogenated alkanes) is 3. The molecule has 2 aromatic carbocycles. The summed E-state index contributed by atoms with van der Waals surface area (Å²) in [7, 11) is 0. The standard InChI is InChI=1S/C47H61NO11/c1-9-10-11-18-23-35(51)59-39(37(30-19-14-12-15-20-30)48-42(53)31-21-16-13-17-22-31)43(54)58-32-25-47(55)28(3)40-45(7)26-56-34(45)24-33(50)46(40,8)41(52)38(57-29(4)49)36(27(32)2)44(47,5)6/h12-17,19-22,28,32-34,37-40,50,55H,9-11,18,23-26H2,1-8H3,(H,48,53)/t28?,32-,33-,34+,37-,38+,39+,40?,45+,46+,47+/m0/s1. The summed E-state index contributed by atoms with van der Waals surface area (Å²) >= 11 is 0. The highest BCUT2D eigenvalue weighted by molar-refractivity contribution is 5.96. The Morgan fingerprint density at radius 3 is 2.19 bits per heavy atom. The molecule has 0 radical (unpaired) electrons. The topological polar surface area (TPSA) is 175 Å². The maximum atomic E-state index is 15.2. The maximum Gasteiger partial charge on any atom is 0.350 e. The number of hydrogen-bond acceptors (Lipinski definition) is 11. The van der Waals surface area contributed by atoms with Crippen molar-refractivity contribution in [3.05, 3.63) is 82.9 Å². The molecule has 1 amide bonds. The van der Waals surface area contributed by atoms with Crippen LogP contribution in [-0.4, -0.2) is 82.5 Å². The van der Waals surface area contributed by atoms with Crippen molar-refractivity contribution in [1.82, 2.24) is 5.32 Å². The number of Topliss-reactive ketones (excluding diaryl/α,β-unsaturated/α-hetero) is 1. The van der Waals surface area contributed by atoms with Gasteiger partial charge in [-0.3, -0.25) is 19.2 Å². The van der Waals surface area contributed by atoms with Crippen LogP contribution in [0.1, 0.15) is 122 Å². The van der Waals surface area contributed by atoms with Crippen molar-refractivity contribution < 1.29 is 53.1 Å². The van der Waals surface area contributed by atoms with Crippen LogP contribution in [0.4, 0.5) is 0 Å². The first kappa shape index (κ1) is 44.2. The number of hydrogen-bond donors (Lipinski definition) is 3. The van der Waals surface area contributed by atoms with Gasteiger partial charge in [0.1, 0.15) is 12.1 Å². The van der Waals surface area contributed by atoms with Crippen LogP contribution in [0.3, 0.4) is 0 Å². The van der Waals surface area contributed by atoms with Gasteiger partial charge in [-0.15, -0.1) is 0 Å². The third-order valence-electron chi connectivity index (χ3n) is 14.3. The molecule has 2 saturated carbocycles. The molecule has 320 valence electrons. The summed E-state index contributed by atoms with van der Waals surface area (Å²) < 4.78 is 24.3. The van der Waals surface area contributed by atoms with Crippen LogP contribution >= 0.6 is 0 Å². The van der Waals surface area contributed by atoms with Crippen LogP contribution in [0.2, 0.25) is 0 Å². The number of ether oxygens (including phenoxy) is 4. The monoisotopic (exact) mass is 815 g/mol. The Labute approximate surface area is 347 Å². The van der Waals surface area contributed by atoms with E-state index in [0.717, 1.165) is 19.3 Å². The Bertz CT molecular complexity index is 1950. The SMILES string of the molecule is CCCCCCC(=O)O[C@@H](C(=O)O[C@H]1C[C@@]2(O)C(C)C3[C@]4(C)CO[C@@H]4C[C@H](O)[C@@]3(C)C(=O)[C@H](OC(C)=O)C(=C1C)C2(C)C)[C@@H](NC(=O)c1ccccc1)c1ccccc1. The summed E-state index contributed by atoms with van der Waals surface area (Å²) in [6, 6.07) is 16.0. The fourth-order valence-electron chi connectivity index (χ4n) is 11.0. The number of aliphatic hydroxyl groups is 2. The fraction of sp³-hybridized carbons (Fsp3) is 0.596. The number of benzene rings is 2. The minimum Gasteiger partial charge on any atom is -0.455 e. The van der Waals surface area contributed by atoms with E-state index >= 15 is 4.79 Å². The van der Waals surface area contributed by atoms with Gasteiger partial charge in [-0.25, -0.2) is 4.79 Å². The highest BCUT2D eigenvalue weighted by Gasteiger charge is 2.73. The van der Waals surface area contributed by atoms with E-state index in [2.05, 4.69) is 12.2 Å². The van der Waals surface area contributed by atoms with Crippen molar-refractivity contribution in [2.75, 3.05) is 6.61 Å². The zero-order chi connectivity index (χ0) is 43.1. The van der Waals surface area contributed by atoms with Crippen LogP contribution in [0.15, 0.2) is 71.8 Å². The molecule has 11 atom stereocenters. The van der Waals surface area contributed by atoms with E-state index in [1.54, 1.807) is 88.4 Å². The lowest BCUT2D eigenvalue weighted by molar-refractivity contribution is -0.302. The van der Waals surface area contributed by atoms with Crippen molar-refractivity contribution in [2.45, 2.75) is 142 Å². The van der Waals surface area contributed by atoms with Gasteiger partial charge in [0.2, 0.25) is 6.10 Å². The summed E-state index contributed by atoms with van der Waals surface area (Å²) in [5, 5.41) is 28.0. The van der Waals surface area contributed by atoms with E-state index in [1.165, 1.54) is 6.92 Å². The zero-order valence-electron chi connectivity index (χ0n) is 35.6. The number of fused-ring (bicyclic) bond motifs is 5. The molecule has 1 heterocycles. The molecule has 1 saturated heterocycles. The van der Waals surface area contributed by atoms with Crippen LogP contribution in [-0.2, 0) is 38.1 Å². The second-order valence-corrected chi connectivity index (χ2v) is 18.2. The van der Waals surface area contributed by atoms with Gasteiger partial charge >= 0.3 is 17.9 Å². The normalized spacial score (nSPS) is 33.1. The average molecular weight is 816 g/mol. The Morgan fingerprint density at radius 1 is 0.949 bits per heavy atom. The highest BCUT2D eigenvalue weighted by Crippen LogP contribution is 2.67. The number of ketones is 1. The summed E-state index contributed by atoms with van der Waals surface area (Å²) in [5.41, 5.74) is -3.50. The molecule has 12 heteroatoms. The number of amides is 1. The largest absolute Gasteiger partial charge is 0.455 e. The molecule has 6 rings (SSSR count). The van der Waals surface area contributed by atoms with Gasteiger partial charge < -0.3 is 34.5 Å². The molecule has 3 fully saturated rings. The lowest BCUT2D eigenvalue weighted by atomic mass is 9.40. The molecule has 2 unspecified atom stereocenters. The van der Waals surface area contributed by atoms with Gasteiger partial charge in [-0.1, -0.05) is 102 Å². The smallest absolute Gasteiger partial charge is 0.350 e. The van der Waals surface area contributed by atoms with Crippen LogP contribution in [0, 0.1) is 28.1 Å². The van der Waals surface area contributed by atoms with Gasteiger partial charge in [0, 0.05) is 42.6 Å². The molecule has 3 aliphatic carbocycles. The number of nitrogens with one attached hydrogen (secondary N) is 1. The van der Waals surface area contributed by atoms with Crippen LogP contribution < -0.4 is 5.32 Å². The third-order valence-corrected chi connectivity index (χ3v) is 14.3. The molecule has 12 nitrogen and oxygen atoms in total. The van der Waals surface area contributed by atoms with Crippen molar-refractivity contribution in [3.8, 4) is 0 Å². The van der Waals surface area contributed by atoms with E-state index in [9.17, 15) is 29.4 Å². The van der Waals surface area contributed by atoms with Gasteiger partial charge in [0.25, 0.3) is 5.91 Å².